The van der Waals surface area contributed by atoms with Gasteiger partial charge in [-0.05, 0) is 25.1 Å². The molecule has 1 unspecified atom stereocenters. The molecule has 0 aliphatic heterocycles. The van der Waals surface area contributed by atoms with Gasteiger partial charge in [0.25, 0.3) is 0 Å². The predicted molar refractivity (Wildman–Crippen MR) is 46.0 cm³/mol. The van der Waals surface area contributed by atoms with E-state index in [1.807, 2.05) is 0 Å². The van der Waals surface area contributed by atoms with Crippen LogP contribution < -0.4 is 0 Å². The molecule has 0 spiro atoms. The fraction of sp³-hybridized carbons (Fsp3) is 0.222. The SMILES string of the molecule is CC(Cl)C(=O)c1cc(F)ccc1F. The third-order valence-electron chi connectivity index (χ3n) is 1.56. The predicted octanol–water partition coefficient (Wildman–Crippen LogP) is 2.77. The van der Waals surface area contributed by atoms with E-state index in [1.54, 1.807) is 0 Å². The normalized spacial score (nSPS) is 12.6. The summed E-state index contributed by atoms with van der Waals surface area (Å²) in [4.78, 5) is 11.2. The van der Waals surface area contributed by atoms with Gasteiger partial charge in [0.05, 0.1) is 10.9 Å². The van der Waals surface area contributed by atoms with Gasteiger partial charge in [0.2, 0.25) is 0 Å². The topological polar surface area (TPSA) is 17.1 Å². The quantitative estimate of drug-likeness (QED) is 0.535. The second kappa shape index (κ2) is 3.83. The Kier molecular flexibility index (Phi) is 2.98. The smallest absolute Gasteiger partial charge is 0.183 e. The zero-order valence-corrected chi connectivity index (χ0v) is 7.61. The molecular weight excluding hydrogens is 198 g/mol. The first-order valence-corrected chi connectivity index (χ1v) is 4.09. The number of carbonyl (C=O) groups is 1. The zero-order chi connectivity index (χ0) is 10.0. The highest BCUT2D eigenvalue weighted by molar-refractivity contribution is 6.33. The second-order valence-corrected chi connectivity index (χ2v) is 3.26. The molecule has 1 rings (SSSR count). The molecule has 0 aromatic heterocycles. The van der Waals surface area contributed by atoms with Crippen molar-refractivity contribution in [2.24, 2.45) is 0 Å². The summed E-state index contributed by atoms with van der Waals surface area (Å²) in [5.74, 6) is -2.01. The summed E-state index contributed by atoms with van der Waals surface area (Å²) < 4.78 is 25.5. The first-order chi connectivity index (χ1) is 6.02. The minimum Gasteiger partial charge on any atom is -0.292 e. The van der Waals surface area contributed by atoms with E-state index in [-0.39, 0.29) is 5.56 Å². The molecule has 1 aromatic carbocycles. The summed E-state index contributed by atoms with van der Waals surface area (Å²) in [6.45, 7) is 1.41. The van der Waals surface area contributed by atoms with Crippen molar-refractivity contribution in [1.82, 2.24) is 0 Å². The van der Waals surface area contributed by atoms with Crippen LogP contribution in [0.15, 0.2) is 18.2 Å². The van der Waals surface area contributed by atoms with E-state index in [2.05, 4.69) is 0 Å². The largest absolute Gasteiger partial charge is 0.292 e. The minimum absolute atomic E-state index is 0.303. The zero-order valence-electron chi connectivity index (χ0n) is 6.85. The van der Waals surface area contributed by atoms with Crippen LogP contribution in [0, 0.1) is 11.6 Å². The van der Waals surface area contributed by atoms with Crippen LogP contribution in [0.4, 0.5) is 8.78 Å². The molecule has 0 amide bonds. The number of carbonyl (C=O) groups excluding carboxylic acids is 1. The highest BCUT2D eigenvalue weighted by Crippen LogP contribution is 2.13. The average Bonchev–Trinajstić information content (AvgIpc) is 2.08. The molecule has 70 valence electrons. The van der Waals surface area contributed by atoms with Gasteiger partial charge in [-0.15, -0.1) is 11.6 Å². The van der Waals surface area contributed by atoms with Gasteiger partial charge in [0.15, 0.2) is 5.78 Å². The van der Waals surface area contributed by atoms with Crippen molar-refractivity contribution in [3.8, 4) is 0 Å². The molecular formula is C9H7ClF2O. The van der Waals surface area contributed by atoms with Crippen LogP contribution in [0.5, 0.6) is 0 Å². The standard InChI is InChI=1S/C9H7ClF2O/c1-5(10)9(13)7-4-6(11)2-3-8(7)12/h2-5H,1H3. The van der Waals surface area contributed by atoms with Gasteiger partial charge in [0, 0.05) is 0 Å². The van der Waals surface area contributed by atoms with E-state index < -0.39 is 22.8 Å². The average molecular weight is 205 g/mol. The third kappa shape index (κ3) is 2.25. The first kappa shape index (κ1) is 10.1. The van der Waals surface area contributed by atoms with Crippen LogP contribution in [-0.2, 0) is 0 Å². The molecule has 4 heteroatoms. The summed E-state index contributed by atoms with van der Waals surface area (Å²) >= 11 is 5.45. The number of hydrogen-bond acceptors (Lipinski definition) is 1. The van der Waals surface area contributed by atoms with Crippen LogP contribution in [0.3, 0.4) is 0 Å². The summed E-state index contributed by atoms with van der Waals surface area (Å²) in [5.41, 5.74) is -0.303. The highest BCUT2D eigenvalue weighted by atomic mass is 35.5. The molecule has 0 fully saturated rings. The molecule has 0 aliphatic rings. The summed E-state index contributed by atoms with van der Waals surface area (Å²) in [6.07, 6.45) is 0. The number of Topliss-reactive ketones (excluding diaryl/α,β-unsaturated/α-hetero) is 1. The van der Waals surface area contributed by atoms with Crippen molar-refractivity contribution in [2.45, 2.75) is 12.3 Å². The minimum atomic E-state index is -0.851. The van der Waals surface area contributed by atoms with Crippen LogP contribution in [0.2, 0.25) is 0 Å². The second-order valence-electron chi connectivity index (χ2n) is 2.60. The van der Waals surface area contributed by atoms with Gasteiger partial charge < -0.3 is 0 Å². The number of ketones is 1. The molecule has 0 bridgehead atoms. The van der Waals surface area contributed by atoms with Gasteiger partial charge in [-0.25, -0.2) is 8.78 Å². The molecule has 0 aliphatic carbocycles. The summed E-state index contributed by atoms with van der Waals surface area (Å²) in [5, 5.41) is -0.851. The number of hydrogen-bond donors (Lipinski definition) is 0. The molecule has 13 heavy (non-hydrogen) atoms. The Morgan fingerprint density at radius 1 is 1.46 bits per heavy atom. The molecule has 1 aromatic rings. The third-order valence-corrected chi connectivity index (χ3v) is 1.75. The molecule has 0 radical (unpaired) electrons. The lowest BCUT2D eigenvalue weighted by Crippen LogP contribution is -2.12. The van der Waals surface area contributed by atoms with Crippen LogP contribution in [0.1, 0.15) is 17.3 Å². The maximum Gasteiger partial charge on any atom is 0.183 e. The van der Waals surface area contributed by atoms with Crippen molar-refractivity contribution in [2.75, 3.05) is 0 Å². The fourth-order valence-corrected chi connectivity index (χ4v) is 1.02. The van der Waals surface area contributed by atoms with E-state index in [9.17, 15) is 13.6 Å². The summed E-state index contributed by atoms with van der Waals surface area (Å²) in [7, 11) is 0. The van der Waals surface area contributed by atoms with Crippen molar-refractivity contribution in [3.63, 3.8) is 0 Å². The van der Waals surface area contributed by atoms with Crippen molar-refractivity contribution in [1.29, 1.82) is 0 Å². The number of halogens is 3. The first-order valence-electron chi connectivity index (χ1n) is 3.65. The van der Waals surface area contributed by atoms with Gasteiger partial charge in [0.1, 0.15) is 11.6 Å². The maximum absolute atomic E-state index is 12.9. The Labute approximate surface area is 79.3 Å². The maximum atomic E-state index is 12.9. The lowest BCUT2D eigenvalue weighted by Gasteiger charge is -2.03. The number of benzene rings is 1. The Morgan fingerprint density at radius 3 is 2.62 bits per heavy atom. The van der Waals surface area contributed by atoms with E-state index in [4.69, 9.17) is 11.6 Å². The Morgan fingerprint density at radius 2 is 2.08 bits per heavy atom. The summed E-state index contributed by atoms with van der Waals surface area (Å²) in [6, 6.07) is 2.70. The fourth-order valence-electron chi connectivity index (χ4n) is 0.901. The molecule has 0 saturated heterocycles. The molecule has 0 N–H and O–H groups in total. The van der Waals surface area contributed by atoms with Crippen LogP contribution in [-0.4, -0.2) is 11.2 Å². The van der Waals surface area contributed by atoms with Gasteiger partial charge in [-0.2, -0.15) is 0 Å². The van der Waals surface area contributed by atoms with E-state index >= 15 is 0 Å². The van der Waals surface area contributed by atoms with Gasteiger partial charge >= 0.3 is 0 Å². The van der Waals surface area contributed by atoms with Crippen LogP contribution >= 0.6 is 11.6 Å². The number of rotatable bonds is 2. The van der Waals surface area contributed by atoms with Gasteiger partial charge in [-0.3, -0.25) is 4.79 Å². The lowest BCUT2D eigenvalue weighted by atomic mass is 10.1. The Bertz CT molecular complexity index is 336. The molecule has 1 nitrogen and oxygen atoms in total. The van der Waals surface area contributed by atoms with Crippen LogP contribution in [0.25, 0.3) is 0 Å². The van der Waals surface area contributed by atoms with Crippen molar-refractivity contribution < 1.29 is 13.6 Å². The lowest BCUT2D eigenvalue weighted by molar-refractivity contribution is 0.0987. The Hall–Kier alpha value is -0.960. The number of alkyl halides is 1. The monoisotopic (exact) mass is 204 g/mol. The van der Waals surface area contributed by atoms with Gasteiger partial charge in [-0.1, -0.05) is 0 Å². The molecule has 0 saturated carbocycles. The van der Waals surface area contributed by atoms with Crippen molar-refractivity contribution >= 4 is 17.4 Å². The molecule has 1 atom stereocenters. The highest BCUT2D eigenvalue weighted by Gasteiger charge is 2.16. The van der Waals surface area contributed by atoms with E-state index in [1.165, 1.54) is 6.92 Å². The molecule has 0 heterocycles. The van der Waals surface area contributed by atoms with Crippen molar-refractivity contribution in [3.05, 3.63) is 35.4 Å². The van der Waals surface area contributed by atoms with E-state index in [0.717, 1.165) is 18.2 Å². The Balaban J connectivity index is 3.13. The van der Waals surface area contributed by atoms with E-state index in [0.29, 0.717) is 0 Å².